The summed E-state index contributed by atoms with van der Waals surface area (Å²) in [7, 11) is 0. The van der Waals surface area contributed by atoms with Crippen molar-refractivity contribution >= 4 is 28.0 Å². The number of para-hydroxylation sites is 1. The van der Waals surface area contributed by atoms with E-state index in [1.165, 1.54) is 22.3 Å². The second-order valence-corrected chi connectivity index (χ2v) is 6.41. The maximum absolute atomic E-state index is 12.0. The monoisotopic (exact) mass is 294 g/mol. The summed E-state index contributed by atoms with van der Waals surface area (Å²) in [4.78, 5) is 22.2. The highest BCUT2D eigenvalue weighted by Crippen LogP contribution is 2.33. The number of ketones is 1. The Labute approximate surface area is 126 Å². The van der Waals surface area contributed by atoms with Gasteiger partial charge in [-0.05, 0) is 37.5 Å². The summed E-state index contributed by atoms with van der Waals surface area (Å²) >= 11 is 1.49. The lowest BCUT2D eigenvalue weighted by molar-refractivity contribution is 0.0976. The highest BCUT2D eigenvalue weighted by atomic mass is 32.1. The van der Waals surface area contributed by atoms with Gasteiger partial charge in [-0.15, -0.1) is 11.3 Å². The van der Waals surface area contributed by atoms with Crippen molar-refractivity contribution in [3.63, 3.8) is 0 Å². The fourth-order valence-electron chi connectivity index (χ4n) is 2.84. The number of hydrogen-bond acceptors (Lipinski definition) is 4. The molecule has 0 amide bonds. The van der Waals surface area contributed by atoms with E-state index < -0.39 is 0 Å². The molecule has 2 heterocycles. The molecule has 4 rings (SSSR count). The van der Waals surface area contributed by atoms with Crippen molar-refractivity contribution in [2.45, 2.75) is 26.2 Å². The van der Waals surface area contributed by atoms with Gasteiger partial charge in [-0.1, -0.05) is 18.2 Å². The van der Waals surface area contributed by atoms with E-state index in [1.54, 1.807) is 0 Å². The molecule has 4 heteroatoms. The number of nitrogens with zero attached hydrogens (tertiary/aromatic N) is 2. The van der Waals surface area contributed by atoms with Crippen LogP contribution in [0.5, 0.6) is 0 Å². The normalized spacial score (nSPS) is 14.4. The van der Waals surface area contributed by atoms with Gasteiger partial charge in [-0.25, -0.2) is 9.97 Å². The lowest BCUT2D eigenvalue weighted by Crippen LogP contribution is -2.07. The molecule has 1 aromatic carbocycles. The zero-order valence-electron chi connectivity index (χ0n) is 11.7. The first kappa shape index (κ1) is 12.7. The summed E-state index contributed by atoms with van der Waals surface area (Å²) in [5, 5.41) is 2.03. The Hall–Kier alpha value is -2.07. The van der Waals surface area contributed by atoms with Crippen LogP contribution in [0.25, 0.3) is 21.6 Å². The minimum absolute atomic E-state index is 0.234. The molecule has 3 nitrogen and oxygen atoms in total. The van der Waals surface area contributed by atoms with Crippen molar-refractivity contribution in [2.75, 3.05) is 0 Å². The third kappa shape index (κ3) is 2.07. The smallest absolute Gasteiger partial charge is 0.174 e. The Morgan fingerprint density at radius 2 is 2.00 bits per heavy atom. The number of aromatic nitrogens is 2. The minimum Gasteiger partial charge on any atom is -0.293 e. The first-order chi connectivity index (χ1) is 10.2. The number of hydrogen-bond donors (Lipinski definition) is 0. The average molecular weight is 294 g/mol. The molecule has 0 saturated heterocycles. The van der Waals surface area contributed by atoms with E-state index >= 15 is 0 Å². The third-order valence-electron chi connectivity index (χ3n) is 3.91. The largest absolute Gasteiger partial charge is 0.293 e. The van der Waals surface area contributed by atoms with Crippen LogP contribution in [0.4, 0.5) is 0 Å². The molecule has 21 heavy (non-hydrogen) atoms. The summed E-state index contributed by atoms with van der Waals surface area (Å²) < 4.78 is 0. The van der Waals surface area contributed by atoms with Gasteiger partial charge in [-0.2, -0.15) is 0 Å². The number of benzene rings is 1. The molecule has 0 saturated carbocycles. The topological polar surface area (TPSA) is 42.9 Å². The summed E-state index contributed by atoms with van der Waals surface area (Å²) in [6, 6.07) is 10.2. The maximum atomic E-state index is 12.0. The van der Waals surface area contributed by atoms with Gasteiger partial charge in [0.05, 0.1) is 21.8 Å². The van der Waals surface area contributed by atoms with Gasteiger partial charge in [0, 0.05) is 11.8 Å². The Morgan fingerprint density at radius 3 is 2.86 bits per heavy atom. The van der Waals surface area contributed by atoms with Crippen LogP contribution >= 0.6 is 11.3 Å². The highest BCUT2D eigenvalue weighted by molar-refractivity contribution is 7.17. The van der Waals surface area contributed by atoms with Gasteiger partial charge >= 0.3 is 0 Å². The molecule has 1 aliphatic rings. The van der Waals surface area contributed by atoms with Gasteiger partial charge in [-0.3, -0.25) is 4.79 Å². The summed E-state index contributed by atoms with van der Waals surface area (Å²) in [5.74, 6) is 0.234. The van der Waals surface area contributed by atoms with Crippen LogP contribution < -0.4 is 0 Å². The Kier molecular flexibility index (Phi) is 2.86. The van der Waals surface area contributed by atoms with E-state index in [1.807, 2.05) is 18.2 Å². The van der Waals surface area contributed by atoms with Gasteiger partial charge < -0.3 is 0 Å². The molecular weight excluding hydrogens is 280 g/mol. The number of fused-ring (bicyclic) bond motifs is 2. The molecule has 3 aromatic rings. The molecule has 0 radical (unpaired) electrons. The lowest BCUT2D eigenvalue weighted by atomic mass is 10.0. The SMILES string of the molecule is Cc1cc(-c2nc3c(s2)C(=O)CCC3)nc2ccccc12. The van der Waals surface area contributed by atoms with Crippen molar-refractivity contribution in [3.05, 3.63) is 46.5 Å². The molecule has 0 fully saturated rings. The predicted molar refractivity (Wildman–Crippen MR) is 84.9 cm³/mol. The summed E-state index contributed by atoms with van der Waals surface area (Å²) in [5.41, 5.74) is 4.00. The van der Waals surface area contributed by atoms with E-state index in [-0.39, 0.29) is 5.78 Å². The standard InChI is InChI=1S/C17H14N2OS/c1-10-9-14(18-12-6-3-2-5-11(10)12)17-19-13-7-4-8-15(20)16(13)21-17/h2-3,5-6,9H,4,7-8H2,1H3. The molecule has 0 atom stereocenters. The molecule has 0 spiro atoms. The number of rotatable bonds is 1. The van der Waals surface area contributed by atoms with Gasteiger partial charge in [0.2, 0.25) is 0 Å². The van der Waals surface area contributed by atoms with Crippen molar-refractivity contribution < 1.29 is 4.79 Å². The Balaban J connectivity index is 1.89. The molecule has 1 aliphatic carbocycles. The molecule has 0 bridgehead atoms. The first-order valence-corrected chi connectivity index (χ1v) is 7.94. The van der Waals surface area contributed by atoms with Crippen LogP contribution in [0.1, 0.15) is 33.8 Å². The number of pyridine rings is 1. The number of aryl methyl sites for hydroxylation is 2. The van der Waals surface area contributed by atoms with E-state index in [0.717, 1.165) is 39.6 Å². The number of thiazole rings is 1. The van der Waals surface area contributed by atoms with Gasteiger partial charge in [0.25, 0.3) is 0 Å². The maximum Gasteiger partial charge on any atom is 0.174 e. The van der Waals surface area contributed by atoms with Crippen LogP contribution in [0.15, 0.2) is 30.3 Å². The lowest BCUT2D eigenvalue weighted by Gasteiger charge is -2.06. The van der Waals surface area contributed by atoms with Gasteiger partial charge in [0.15, 0.2) is 5.78 Å². The number of carbonyl (C=O) groups excluding carboxylic acids is 1. The highest BCUT2D eigenvalue weighted by Gasteiger charge is 2.23. The van der Waals surface area contributed by atoms with Crippen LogP contribution in [0, 0.1) is 6.92 Å². The minimum atomic E-state index is 0.234. The van der Waals surface area contributed by atoms with Crippen molar-refractivity contribution in [1.29, 1.82) is 0 Å². The quantitative estimate of drug-likeness (QED) is 0.676. The molecule has 0 N–H and O–H groups in total. The number of carbonyl (C=O) groups is 1. The van der Waals surface area contributed by atoms with E-state index in [2.05, 4.69) is 24.0 Å². The first-order valence-electron chi connectivity index (χ1n) is 7.12. The zero-order chi connectivity index (χ0) is 14.4. The van der Waals surface area contributed by atoms with E-state index in [4.69, 9.17) is 4.98 Å². The molecule has 0 aliphatic heterocycles. The van der Waals surface area contributed by atoms with Crippen LogP contribution in [0.3, 0.4) is 0 Å². The van der Waals surface area contributed by atoms with Crippen LogP contribution in [0.2, 0.25) is 0 Å². The van der Waals surface area contributed by atoms with E-state index in [0.29, 0.717) is 6.42 Å². The fourth-order valence-corrected chi connectivity index (χ4v) is 3.88. The Bertz CT molecular complexity index is 866. The second kappa shape index (κ2) is 4.74. The van der Waals surface area contributed by atoms with Crippen LogP contribution in [-0.4, -0.2) is 15.8 Å². The summed E-state index contributed by atoms with van der Waals surface area (Å²) in [6.07, 6.45) is 2.47. The fraction of sp³-hybridized carbons (Fsp3) is 0.235. The van der Waals surface area contributed by atoms with Crippen molar-refractivity contribution in [2.24, 2.45) is 0 Å². The van der Waals surface area contributed by atoms with Crippen molar-refractivity contribution in [1.82, 2.24) is 9.97 Å². The molecule has 2 aromatic heterocycles. The number of Topliss-reactive ketones (excluding diaryl/α,β-unsaturated/α-hetero) is 1. The third-order valence-corrected chi connectivity index (χ3v) is 5.07. The van der Waals surface area contributed by atoms with Gasteiger partial charge in [0.1, 0.15) is 5.01 Å². The van der Waals surface area contributed by atoms with Crippen molar-refractivity contribution in [3.8, 4) is 10.7 Å². The Morgan fingerprint density at radius 1 is 1.14 bits per heavy atom. The second-order valence-electron chi connectivity index (χ2n) is 5.41. The average Bonchev–Trinajstić information content (AvgIpc) is 2.93. The molecular formula is C17H14N2OS. The predicted octanol–water partition coefficient (Wildman–Crippen LogP) is 4.19. The zero-order valence-corrected chi connectivity index (χ0v) is 12.5. The van der Waals surface area contributed by atoms with Crippen LogP contribution in [-0.2, 0) is 6.42 Å². The molecule has 0 unspecified atom stereocenters. The summed E-state index contributed by atoms with van der Waals surface area (Å²) in [6.45, 7) is 2.09. The molecule has 104 valence electrons. The van der Waals surface area contributed by atoms with E-state index in [9.17, 15) is 4.79 Å².